The van der Waals surface area contributed by atoms with E-state index in [0.29, 0.717) is 11.1 Å². The molecular weight excluding hydrogens is 362 g/mol. The number of aromatic nitrogens is 3. The Kier molecular flexibility index (Phi) is 4.33. The molecule has 0 aliphatic carbocycles. The van der Waals surface area contributed by atoms with E-state index in [1.165, 1.54) is 4.68 Å². The smallest absolute Gasteiger partial charge is 0.269 e. The number of nitrogens with zero attached hydrogens (tertiary/aromatic N) is 3. The highest BCUT2D eigenvalue weighted by atomic mass is 79.9. The number of rotatable bonds is 3. The minimum Gasteiger partial charge on any atom is -0.271 e. The summed E-state index contributed by atoms with van der Waals surface area (Å²) in [7, 11) is 0. The normalized spacial score (nSPS) is 10.5. The number of fused-ring (bicyclic) bond motifs is 1. The summed E-state index contributed by atoms with van der Waals surface area (Å²) in [5, 5.41) is 7.88. The van der Waals surface area contributed by atoms with Crippen LogP contribution in [0.5, 0.6) is 0 Å². The van der Waals surface area contributed by atoms with Crippen LogP contribution in [0.25, 0.3) is 11.0 Å². The standard InChI is InChI=1S/C15H12BrN5O2/c16-11-7-5-10(6-8-11)15(23)19-18-14(22)9-21-13-4-2-1-3-12(13)17-20-21/h1-8H,9H2,(H,18,22)(H,19,23). The predicted molar refractivity (Wildman–Crippen MR) is 87.3 cm³/mol. The Morgan fingerprint density at radius 3 is 2.57 bits per heavy atom. The molecule has 0 aliphatic rings. The summed E-state index contributed by atoms with van der Waals surface area (Å²) in [5.41, 5.74) is 6.63. The Balaban J connectivity index is 1.59. The van der Waals surface area contributed by atoms with Crippen molar-refractivity contribution in [1.82, 2.24) is 25.8 Å². The number of hydrogen-bond acceptors (Lipinski definition) is 4. The second kappa shape index (κ2) is 6.57. The number of hydrogen-bond donors (Lipinski definition) is 2. The Labute approximate surface area is 139 Å². The minimum atomic E-state index is -0.397. The van der Waals surface area contributed by atoms with Crippen molar-refractivity contribution in [2.24, 2.45) is 0 Å². The van der Waals surface area contributed by atoms with Crippen LogP contribution in [-0.4, -0.2) is 26.8 Å². The first-order chi connectivity index (χ1) is 11.1. The van der Waals surface area contributed by atoms with Gasteiger partial charge in [0, 0.05) is 10.0 Å². The molecule has 0 radical (unpaired) electrons. The largest absolute Gasteiger partial charge is 0.271 e. The van der Waals surface area contributed by atoms with Gasteiger partial charge in [0.15, 0.2) is 0 Å². The molecule has 2 aromatic carbocycles. The molecule has 0 saturated carbocycles. The van der Waals surface area contributed by atoms with Crippen LogP contribution < -0.4 is 10.9 Å². The third-order valence-electron chi connectivity index (χ3n) is 3.14. The van der Waals surface area contributed by atoms with E-state index in [-0.39, 0.29) is 6.54 Å². The summed E-state index contributed by atoms with van der Waals surface area (Å²) >= 11 is 3.29. The van der Waals surface area contributed by atoms with Crippen LogP contribution in [0.15, 0.2) is 53.0 Å². The van der Waals surface area contributed by atoms with Crippen LogP contribution in [0.3, 0.4) is 0 Å². The van der Waals surface area contributed by atoms with Crippen LogP contribution in [-0.2, 0) is 11.3 Å². The molecule has 0 fully saturated rings. The number of carbonyl (C=O) groups excluding carboxylic acids is 2. The maximum Gasteiger partial charge on any atom is 0.269 e. The maximum absolute atomic E-state index is 11.9. The zero-order chi connectivity index (χ0) is 16.2. The second-order valence-corrected chi connectivity index (χ2v) is 5.66. The number of halogens is 1. The van der Waals surface area contributed by atoms with E-state index >= 15 is 0 Å². The molecule has 0 bridgehead atoms. The Morgan fingerprint density at radius 1 is 1.04 bits per heavy atom. The third kappa shape index (κ3) is 3.54. The topological polar surface area (TPSA) is 88.9 Å². The van der Waals surface area contributed by atoms with Crippen LogP contribution in [0.1, 0.15) is 10.4 Å². The minimum absolute atomic E-state index is 0.0405. The quantitative estimate of drug-likeness (QED) is 0.683. The first-order valence-electron chi connectivity index (χ1n) is 6.76. The summed E-state index contributed by atoms with van der Waals surface area (Å²) in [4.78, 5) is 23.8. The van der Waals surface area contributed by atoms with Crippen LogP contribution in [0.2, 0.25) is 0 Å². The fourth-order valence-electron chi connectivity index (χ4n) is 2.01. The summed E-state index contributed by atoms with van der Waals surface area (Å²) in [5.74, 6) is -0.791. The molecule has 0 aliphatic heterocycles. The van der Waals surface area contributed by atoms with Crippen molar-refractivity contribution in [3.8, 4) is 0 Å². The zero-order valence-corrected chi connectivity index (χ0v) is 13.4. The molecule has 2 amide bonds. The summed E-state index contributed by atoms with van der Waals surface area (Å²) < 4.78 is 2.34. The van der Waals surface area contributed by atoms with Crippen molar-refractivity contribution < 1.29 is 9.59 Å². The van der Waals surface area contributed by atoms with Crippen molar-refractivity contribution in [2.75, 3.05) is 0 Å². The number of benzene rings is 2. The molecule has 7 nitrogen and oxygen atoms in total. The van der Waals surface area contributed by atoms with Crippen molar-refractivity contribution in [1.29, 1.82) is 0 Å². The summed E-state index contributed by atoms with van der Waals surface area (Å²) in [6.45, 7) is -0.0405. The van der Waals surface area contributed by atoms with Crippen LogP contribution in [0, 0.1) is 0 Å². The van der Waals surface area contributed by atoms with Gasteiger partial charge in [-0.3, -0.25) is 20.4 Å². The molecule has 23 heavy (non-hydrogen) atoms. The van der Waals surface area contributed by atoms with Gasteiger partial charge in [0.25, 0.3) is 11.8 Å². The fourth-order valence-corrected chi connectivity index (χ4v) is 2.27. The Hall–Kier alpha value is -2.74. The highest BCUT2D eigenvalue weighted by Crippen LogP contribution is 2.10. The van der Waals surface area contributed by atoms with E-state index in [1.54, 1.807) is 24.3 Å². The molecule has 2 N–H and O–H groups in total. The van der Waals surface area contributed by atoms with Gasteiger partial charge >= 0.3 is 0 Å². The molecule has 3 aromatic rings. The first-order valence-corrected chi connectivity index (χ1v) is 7.56. The maximum atomic E-state index is 11.9. The SMILES string of the molecule is O=C(Cn1nnc2ccccc21)NNC(=O)c1ccc(Br)cc1. The average molecular weight is 374 g/mol. The summed E-state index contributed by atoms with van der Waals surface area (Å²) in [6.07, 6.45) is 0. The third-order valence-corrected chi connectivity index (χ3v) is 3.66. The Morgan fingerprint density at radius 2 is 1.78 bits per heavy atom. The van der Waals surface area contributed by atoms with E-state index < -0.39 is 11.8 Å². The monoisotopic (exact) mass is 373 g/mol. The lowest BCUT2D eigenvalue weighted by Gasteiger charge is -2.07. The lowest BCUT2D eigenvalue weighted by molar-refractivity contribution is -0.122. The lowest BCUT2D eigenvalue weighted by atomic mass is 10.2. The molecule has 0 saturated heterocycles. The fraction of sp³-hybridized carbons (Fsp3) is 0.0667. The second-order valence-electron chi connectivity index (χ2n) is 4.74. The van der Waals surface area contributed by atoms with E-state index in [2.05, 4.69) is 37.1 Å². The average Bonchev–Trinajstić information content (AvgIpc) is 2.96. The van der Waals surface area contributed by atoms with Gasteiger partial charge in [-0.1, -0.05) is 33.3 Å². The zero-order valence-electron chi connectivity index (χ0n) is 11.9. The van der Waals surface area contributed by atoms with Gasteiger partial charge in [-0.15, -0.1) is 5.10 Å². The van der Waals surface area contributed by atoms with Gasteiger partial charge in [0.05, 0.1) is 5.52 Å². The molecule has 0 unspecified atom stereocenters. The summed E-state index contributed by atoms with van der Waals surface area (Å²) in [6, 6.07) is 14.1. The number of para-hydroxylation sites is 1. The van der Waals surface area contributed by atoms with Crippen molar-refractivity contribution in [3.05, 3.63) is 58.6 Å². The molecular formula is C15H12BrN5O2. The lowest BCUT2D eigenvalue weighted by Crippen LogP contribution is -2.43. The molecule has 0 atom stereocenters. The highest BCUT2D eigenvalue weighted by molar-refractivity contribution is 9.10. The van der Waals surface area contributed by atoms with E-state index in [9.17, 15) is 9.59 Å². The van der Waals surface area contributed by atoms with Crippen molar-refractivity contribution >= 4 is 38.8 Å². The van der Waals surface area contributed by atoms with Gasteiger partial charge in [-0.05, 0) is 36.4 Å². The molecule has 1 heterocycles. The molecule has 0 spiro atoms. The van der Waals surface area contributed by atoms with Gasteiger partial charge in [0.2, 0.25) is 0 Å². The van der Waals surface area contributed by atoms with Crippen molar-refractivity contribution in [2.45, 2.75) is 6.54 Å². The molecule has 1 aromatic heterocycles. The molecule has 3 rings (SSSR count). The van der Waals surface area contributed by atoms with Crippen molar-refractivity contribution in [3.63, 3.8) is 0 Å². The van der Waals surface area contributed by atoms with Gasteiger partial charge in [-0.25, -0.2) is 4.68 Å². The number of carbonyl (C=O) groups is 2. The number of amides is 2. The molecule has 116 valence electrons. The predicted octanol–water partition coefficient (Wildman–Crippen LogP) is 1.65. The van der Waals surface area contributed by atoms with E-state index in [4.69, 9.17) is 0 Å². The number of hydrazine groups is 1. The van der Waals surface area contributed by atoms with Gasteiger partial charge in [0.1, 0.15) is 12.1 Å². The van der Waals surface area contributed by atoms with Crippen LogP contribution >= 0.6 is 15.9 Å². The van der Waals surface area contributed by atoms with Gasteiger partial charge in [-0.2, -0.15) is 0 Å². The van der Waals surface area contributed by atoms with E-state index in [1.807, 2.05) is 24.3 Å². The number of nitrogens with one attached hydrogen (secondary N) is 2. The van der Waals surface area contributed by atoms with E-state index in [0.717, 1.165) is 9.99 Å². The highest BCUT2D eigenvalue weighted by Gasteiger charge is 2.10. The van der Waals surface area contributed by atoms with Gasteiger partial charge < -0.3 is 0 Å². The first kappa shape index (κ1) is 15.2. The molecule has 8 heteroatoms. The van der Waals surface area contributed by atoms with Crippen LogP contribution in [0.4, 0.5) is 0 Å². The Bertz CT molecular complexity index is 860.